The lowest BCUT2D eigenvalue weighted by Crippen LogP contribution is -2.54. The maximum absolute atomic E-state index is 11.8. The SMILES string of the molecule is CC(C)n1cc(CNC(=O)N[C@@H]2CCNC[C@H]2O)cn1. The van der Waals surface area contributed by atoms with Gasteiger partial charge >= 0.3 is 6.03 Å². The summed E-state index contributed by atoms with van der Waals surface area (Å²) in [5.41, 5.74) is 0.958. The molecule has 4 N–H and O–H groups in total. The molecule has 1 saturated heterocycles. The molecule has 2 rings (SSSR count). The van der Waals surface area contributed by atoms with Crippen LogP contribution < -0.4 is 16.0 Å². The first-order chi connectivity index (χ1) is 9.56. The lowest BCUT2D eigenvalue weighted by Gasteiger charge is -2.29. The van der Waals surface area contributed by atoms with Gasteiger partial charge in [0.05, 0.1) is 18.3 Å². The Balaban J connectivity index is 1.76. The van der Waals surface area contributed by atoms with Gasteiger partial charge in [0.2, 0.25) is 0 Å². The molecule has 2 heterocycles. The van der Waals surface area contributed by atoms with Crippen molar-refractivity contribution in [1.29, 1.82) is 0 Å². The van der Waals surface area contributed by atoms with Crippen LogP contribution in [0.25, 0.3) is 0 Å². The van der Waals surface area contributed by atoms with Gasteiger partial charge in [-0.2, -0.15) is 5.10 Å². The van der Waals surface area contributed by atoms with Crippen LogP contribution in [0.1, 0.15) is 31.9 Å². The summed E-state index contributed by atoms with van der Waals surface area (Å²) in [6.45, 7) is 5.86. The Morgan fingerprint density at radius 2 is 2.45 bits per heavy atom. The maximum atomic E-state index is 11.8. The van der Waals surface area contributed by atoms with E-state index in [1.54, 1.807) is 6.20 Å². The van der Waals surface area contributed by atoms with Crippen molar-refractivity contribution >= 4 is 6.03 Å². The molecule has 0 aliphatic carbocycles. The van der Waals surface area contributed by atoms with Gasteiger partial charge in [0.1, 0.15) is 0 Å². The van der Waals surface area contributed by atoms with E-state index in [0.717, 1.165) is 18.5 Å². The first-order valence-electron chi connectivity index (χ1n) is 7.02. The zero-order chi connectivity index (χ0) is 14.5. The molecular weight excluding hydrogens is 258 g/mol. The van der Waals surface area contributed by atoms with Crippen molar-refractivity contribution in [3.8, 4) is 0 Å². The monoisotopic (exact) mass is 281 g/mol. The molecule has 20 heavy (non-hydrogen) atoms. The molecule has 1 aliphatic heterocycles. The molecule has 0 radical (unpaired) electrons. The summed E-state index contributed by atoms with van der Waals surface area (Å²) in [6.07, 6.45) is 3.88. The summed E-state index contributed by atoms with van der Waals surface area (Å²) in [7, 11) is 0. The third-order valence-electron chi connectivity index (χ3n) is 3.40. The van der Waals surface area contributed by atoms with Crippen LogP contribution in [0.2, 0.25) is 0 Å². The van der Waals surface area contributed by atoms with Crippen molar-refractivity contribution < 1.29 is 9.90 Å². The third-order valence-corrected chi connectivity index (χ3v) is 3.40. The zero-order valence-electron chi connectivity index (χ0n) is 12.0. The van der Waals surface area contributed by atoms with Crippen LogP contribution in [0.4, 0.5) is 4.79 Å². The number of β-amino-alcohol motifs (C(OH)–C–C–N with tert-alkyl or cyclic N) is 1. The molecule has 7 nitrogen and oxygen atoms in total. The average Bonchev–Trinajstić information content (AvgIpc) is 2.88. The Labute approximate surface area is 118 Å². The van der Waals surface area contributed by atoms with Gasteiger partial charge in [-0.25, -0.2) is 4.79 Å². The van der Waals surface area contributed by atoms with Crippen molar-refractivity contribution in [1.82, 2.24) is 25.7 Å². The fourth-order valence-corrected chi connectivity index (χ4v) is 2.16. The number of rotatable bonds is 4. The van der Waals surface area contributed by atoms with Gasteiger partial charge < -0.3 is 21.1 Å². The molecule has 2 atom stereocenters. The third kappa shape index (κ3) is 3.94. The molecule has 0 aromatic carbocycles. The Bertz CT molecular complexity index is 446. The van der Waals surface area contributed by atoms with Crippen molar-refractivity contribution in [2.24, 2.45) is 0 Å². The molecule has 0 unspecified atom stereocenters. The molecule has 0 spiro atoms. The first-order valence-corrected chi connectivity index (χ1v) is 7.02. The van der Waals surface area contributed by atoms with Crippen LogP contribution in [-0.2, 0) is 6.54 Å². The van der Waals surface area contributed by atoms with Gasteiger partial charge in [-0.1, -0.05) is 0 Å². The zero-order valence-corrected chi connectivity index (χ0v) is 12.0. The van der Waals surface area contributed by atoms with Gasteiger partial charge in [-0.05, 0) is 26.8 Å². The summed E-state index contributed by atoms with van der Waals surface area (Å²) in [5, 5.41) is 22.6. The van der Waals surface area contributed by atoms with E-state index in [1.807, 2.05) is 10.9 Å². The Kier molecular flexibility index (Phi) is 4.97. The van der Waals surface area contributed by atoms with Gasteiger partial charge in [0.15, 0.2) is 0 Å². The number of aliphatic hydroxyl groups excluding tert-OH is 1. The molecule has 1 aromatic heterocycles. The summed E-state index contributed by atoms with van der Waals surface area (Å²) < 4.78 is 1.85. The molecule has 7 heteroatoms. The molecule has 1 fully saturated rings. The Morgan fingerprint density at radius 1 is 1.65 bits per heavy atom. The summed E-state index contributed by atoms with van der Waals surface area (Å²) in [6, 6.07) is -0.134. The number of hydrogen-bond acceptors (Lipinski definition) is 4. The molecule has 1 aromatic rings. The molecule has 0 saturated carbocycles. The van der Waals surface area contributed by atoms with Crippen molar-refractivity contribution in [3.63, 3.8) is 0 Å². The highest BCUT2D eigenvalue weighted by Gasteiger charge is 2.24. The lowest BCUT2D eigenvalue weighted by atomic mass is 10.0. The number of nitrogens with zero attached hydrogens (tertiary/aromatic N) is 2. The minimum atomic E-state index is -0.529. The fraction of sp³-hybridized carbons (Fsp3) is 0.692. The summed E-state index contributed by atoms with van der Waals surface area (Å²) in [4.78, 5) is 11.8. The number of urea groups is 1. The van der Waals surface area contributed by atoms with Crippen molar-refractivity contribution in [2.75, 3.05) is 13.1 Å². The van der Waals surface area contributed by atoms with E-state index in [0.29, 0.717) is 19.1 Å². The number of aliphatic hydroxyl groups is 1. The van der Waals surface area contributed by atoms with Crippen LogP contribution in [-0.4, -0.2) is 46.2 Å². The molecule has 0 bridgehead atoms. The second kappa shape index (κ2) is 6.71. The highest BCUT2D eigenvalue weighted by Crippen LogP contribution is 2.05. The van der Waals surface area contributed by atoms with E-state index in [1.165, 1.54) is 0 Å². The largest absolute Gasteiger partial charge is 0.390 e. The molecule has 112 valence electrons. The predicted molar refractivity (Wildman–Crippen MR) is 75.3 cm³/mol. The minimum absolute atomic E-state index is 0.186. The van der Waals surface area contributed by atoms with E-state index in [-0.39, 0.29) is 12.1 Å². The van der Waals surface area contributed by atoms with Crippen LogP contribution >= 0.6 is 0 Å². The number of piperidine rings is 1. The minimum Gasteiger partial charge on any atom is -0.390 e. The van der Waals surface area contributed by atoms with Gasteiger partial charge in [-0.15, -0.1) is 0 Å². The van der Waals surface area contributed by atoms with Crippen molar-refractivity contribution in [2.45, 2.75) is 45.0 Å². The lowest BCUT2D eigenvalue weighted by molar-refractivity contribution is 0.106. The fourth-order valence-electron chi connectivity index (χ4n) is 2.16. The predicted octanol–water partition coefficient (Wildman–Crippen LogP) is -0.0140. The number of nitrogens with one attached hydrogen (secondary N) is 3. The Hall–Kier alpha value is -1.60. The maximum Gasteiger partial charge on any atom is 0.315 e. The second-order valence-corrected chi connectivity index (χ2v) is 5.42. The average molecular weight is 281 g/mol. The van der Waals surface area contributed by atoms with Crippen molar-refractivity contribution in [3.05, 3.63) is 18.0 Å². The number of hydrogen-bond donors (Lipinski definition) is 4. The standard InChI is InChI=1S/C13H23N5O2/c1-9(2)18-8-10(6-16-18)5-15-13(20)17-11-3-4-14-7-12(11)19/h6,8-9,11-12,14,19H,3-5,7H2,1-2H3,(H2,15,17,20)/t11-,12-/m1/s1. The van der Waals surface area contributed by atoms with Crippen LogP contribution in [0, 0.1) is 0 Å². The topological polar surface area (TPSA) is 91.2 Å². The molecule has 1 aliphatic rings. The highest BCUT2D eigenvalue weighted by molar-refractivity contribution is 5.74. The number of carbonyl (C=O) groups is 1. The number of amides is 2. The summed E-state index contributed by atoms with van der Waals surface area (Å²) in [5.74, 6) is 0. The van der Waals surface area contributed by atoms with E-state index < -0.39 is 6.10 Å². The Morgan fingerprint density at radius 3 is 3.10 bits per heavy atom. The van der Waals surface area contributed by atoms with E-state index in [4.69, 9.17) is 0 Å². The van der Waals surface area contributed by atoms with Gasteiger partial charge in [-0.3, -0.25) is 4.68 Å². The normalized spacial score (nSPS) is 22.8. The van der Waals surface area contributed by atoms with E-state index in [9.17, 15) is 9.90 Å². The van der Waals surface area contributed by atoms with Gasteiger partial charge in [0.25, 0.3) is 0 Å². The van der Waals surface area contributed by atoms with Crippen LogP contribution in [0.15, 0.2) is 12.4 Å². The van der Waals surface area contributed by atoms with E-state index in [2.05, 4.69) is 34.9 Å². The second-order valence-electron chi connectivity index (χ2n) is 5.42. The molecule has 2 amide bonds. The van der Waals surface area contributed by atoms with Crippen LogP contribution in [0.5, 0.6) is 0 Å². The van der Waals surface area contributed by atoms with Crippen LogP contribution in [0.3, 0.4) is 0 Å². The highest BCUT2D eigenvalue weighted by atomic mass is 16.3. The number of aromatic nitrogens is 2. The van der Waals surface area contributed by atoms with E-state index >= 15 is 0 Å². The van der Waals surface area contributed by atoms with Gasteiger partial charge in [0, 0.05) is 30.9 Å². The first kappa shape index (κ1) is 14.8. The number of carbonyl (C=O) groups excluding carboxylic acids is 1. The quantitative estimate of drug-likeness (QED) is 0.624. The summed E-state index contributed by atoms with van der Waals surface area (Å²) >= 11 is 0. The molecular formula is C13H23N5O2. The smallest absolute Gasteiger partial charge is 0.315 e.